The van der Waals surface area contributed by atoms with Gasteiger partial charge in [0.2, 0.25) is 5.91 Å². The number of hydrogen-bond donors (Lipinski definition) is 1. The molecule has 0 aliphatic carbocycles. The van der Waals surface area contributed by atoms with Crippen molar-refractivity contribution >= 4 is 34.4 Å². The lowest BCUT2D eigenvalue weighted by atomic mass is 10.1. The van der Waals surface area contributed by atoms with E-state index in [1.807, 2.05) is 36.1 Å². The molecular formula is C18H20ClN3O3. The van der Waals surface area contributed by atoms with Gasteiger partial charge < -0.3 is 10.1 Å². The largest absolute Gasteiger partial charge is 0.469 e. The maximum atomic E-state index is 12.2. The average molecular weight is 362 g/mol. The van der Waals surface area contributed by atoms with Gasteiger partial charge in [-0.3, -0.25) is 14.5 Å². The molecule has 1 amide bonds. The topological polar surface area (TPSA) is 71.5 Å². The van der Waals surface area contributed by atoms with Gasteiger partial charge in [0.25, 0.3) is 0 Å². The molecule has 6 nitrogen and oxygen atoms in total. The number of benzene rings is 1. The summed E-state index contributed by atoms with van der Waals surface area (Å²) in [5.74, 6) is -0.592. The maximum absolute atomic E-state index is 12.2. The van der Waals surface area contributed by atoms with E-state index in [4.69, 9.17) is 16.3 Å². The van der Waals surface area contributed by atoms with Crippen molar-refractivity contribution in [2.45, 2.75) is 25.9 Å². The smallest absolute Gasteiger partial charge is 0.307 e. The molecule has 0 spiro atoms. The second-order valence-corrected chi connectivity index (χ2v) is 6.45. The van der Waals surface area contributed by atoms with Crippen LogP contribution in [0.4, 0.5) is 0 Å². The number of rotatable bonds is 4. The first-order valence-corrected chi connectivity index (χ1v) is 8.51. The van der Waals surface area contributed by atoms with Gasteiger partial charge in [0.05, 0.1) is 29.8 Å². The molecule has 0 radical (unpaired) electrons. The van der Waals surface area contributed by atoms with Crippen LogP contribution in [0.5, 0.6) is 0 Å². The highest BCUT2D eigenvalue weighted by molar-refractivity contribution is 6.32. The number of carbonyl (C=O) groups is 2. The second kappa shape index (κ2) is 7.37. The molecule has 1 aliphatic heterocycles. The monoisotopic (exact) mass is 361 g/mol. The number of para-hydroxylation sites is 1. The molecular weight excluding hydrogens is 342 g/mol. The quantitative estimate of drug-likeness (QED) is 0.844. The van der Waals surface area contributed by atoms with Gasteiger partial charge in [-0.15, -0.1) is 0 Å². The molecule has 3 rings (SSSR count). The number of nitrogens with one attached hydrogen (secondary N) is 1. The molecule has 2 aromatic rings. The van der Waals surface area contributed by atoms with Gasteiger partial charge in [0.1, 0.15) is 6.04 Å². The molecule has 1 aromatic carbocycles. The van der Waals surface area contributed by atoms with Crippen molar-refractivity contribution in [1.29, 1.82) is 0 Å². The second-order valence-electron chi connectivity index (χ2n) is 6.07. The van der Waals surface area contributed by atoms with E-state index in [9.17, 15) is 9.59 Å². The van der Waals surface area contributed by atoms with Gasteiger partial charge in [0.15, 0.2) is 0 Å². The Morgan fingerprint density at radius 3 is 2.96 bits per heavy atom. The Hall–Kier alpha value is -2.18. The van der Waals surface area contributed by atoms with Crippen molar-refractivity contribution in [3.63, 3.8) is 0 Å². The van der Waals surface area contributed by atoms with Crippen LogP contribution in [0.15, 0.2) is 24.3 Å². The van der Waals surface area contributed by atoms with E-state index in [0.717, 1.165) is 16.5 Å². The number of methoxy groups -OCH3 is 1. The Morgan fingerprint density at radius 1 is 1.44 bits per heavy atom. The summed E-state index contributed by atoms with van der Waals surface area (Å²) in [6, 6.07) is 7.24. The minimum atomic E-state index is -0.578. The number of aromatic nitrogens is 1. The molecule has 1 N–H and O–H groups in total. The maximum Gasteiger partial charge on any atom is 0.307 e. The van der Waals surface area contributed by atoms with Gasteiger partial charge >= 0.3 is 5.97 Å². The van der Waals surface area contributed by atoms with Crippen LogP contribution in [0.2, 0.25) is 5.02 Å². The summed E-state index contributed by atoms with van der Waals surface area (Å²) in [4.78, 5) is 30.4. The van der Waals surface area contributed by atoms with E-state index in [-0.39, 0.29) is 12.3 Å². The first kappa shape index (κ1) is 17.6. The van der Waals surface area contributed by atoms with Gasteiger partial charge in [-0.2, -0.15) is 0 Å². The van der Waals surface area contributed by atoms with E-state index in [2.05, 4.69) is 10.3 Å². The molecule has 2 heterocycles. The number of halogens is 1. The minimum Gasteiger partial charge on any atom is -0.469 e. The number of nitrogens with zero attached hydrogens (tertiary/aromatic N) is 2. The fourth-order valence-electron chi connectivity index (χ4n) is 3.13. The number of ether oxygens (including phenoxy) is 1. The molecule has 7 heteroatoms. The molecule has 25 heavy (non-hydrogen) atoms. The van der Waals surface area contributed by atoms with Crippen molar-refractivity contribution in [3.05, 3.63) is 40.5 Å². The Labute approximate surface area is 151 Å². The SMILES string of the molecule is COC(=O)CC1C(=O)NCCN1Cc1nc2ccccc2c(C)c1Cl. The van der Waals surface area contributed by atoms with Crippen LogP contribution in [0, 0.1) is 6.92 Å². The van der Waals surface area contributed by atoms with Crippen molar-refractivity contribution in [3.8, 4) is 0 Å². The van der Waals surface area contributed by atoms with Crippen molar-refractivity contribution in [2.75, 3.05) is 20.2 Å². The van der Waals surface area contributed by atoms with Gasteiger partial charge in [-0.25, -0.2) is 4.98 Å². The lowest BCUT2D eigenvalue weighted by molar-refractivity contribution is -0.146. The van der Waals surface area contributed by atoms with Crippen LogP contribution in [-0.2, 0) is 20.9 Å². The lowest BCUT2D eigenvalue weighted by Gasteiger charge is -2.34. The minimum absolute atomic E-state index is 0.00646. The number of carbonyl (C=O) groups excluding carboxylic acids is 2. The summed E-state index contributed by atoms with van der Waals surface area (Å²) >= 11 is 6.53. The highest BCUT2D eigenvalue weighted by Crippen LogP contribution is 2.28. The molecule has 1 fully saturated rings. The molecule has 1 aliphatic rings. The molecule has 132 valence electrons. The molecule has 1 saturated heterocycles. The van der Waals surface area contributed by atoms with Crippen molar-refractivity contribution in [2.24, 2.45) is 0 Å². The van der Waals surface area contributed by atoms with Crippen molar-refractivity contribution < 1.29 is 14.3 Å². The molecule has 1 aromatic heterocycles. The summed E-state index contributed by atoms with van der Waals surface area (Å²) in [5, 5.41) is 4.40. The summed E-state index contributed by atoms with van der Waals surface area (Å²) in [6.07, 6.45) is 0.00646. The van der Waals surface area contributed by atoms with E-state index >= 15 is 0 Å². The Morgan fingerprint density at radius 2 is 2.20 bits per heavy atom. The number of pyridine rings is 1. The van der Waals surface area contributed by atoms with Gasteiger partial charge in [-0.05, 0) is 18.6 Å². The van der Waals surface area contributed by atoms with Crippen LogP contribution in [0.1, 0.15) is 17.7 Å². The highest BCUT2D eigenvalue weighted by Gasteiger charge is 2.32. The number of hydrogen-bond acceptors (Lipinski definition) is 5. The van der Waals surface area contributed by atoms with E-state index in [1.165, 1.54) is 7.11 Å². The Bertz CT molecular complexity index is 825. The first-order chi connectivity index (χ1) is 12.0. The normalized spacial score (nSPS) is 18.2. The predicted molar refractivity (Wildman–Crippen MR) is 95.3 cm³/mol. The third-order valence-corrected chi connectivity index (χ3v) is 5.03. The summed E-state index contributed by atoms with van der Waals surface area (Å²) in [7, 11) is 1.32. The fourth-order valence-corrected chi connectivity index (χ4v) is 3.33. The standard InChI is InChI=1S/C18H20ClN3O3/c1-11-12-5-3-4-6-13(12)21-14(17(11)19)10-22-8-7-20-18(24)15(22)9-16(23)25-2/h3-6,15H,7-10H2,1-2H3,(H,20,24). The number of aryl methyl sites for hydroxylation is 1. The zero-order chi connectivity index (χ0) is 18.0. The number of esters is 1. The van der Waals surface area contributed by atoms with Crippen LogP contribution in [-0.4, -0.2) is 48.0 Å². The van der Waals surface area contributed by atoms with Crippen LogP contribution in [0.3, 0.4) is 0 Å². The highest BCUT2D eigenvalue weighted by atomic mass is 35.5. The zero-order valence-corrected chi connectivity index (χ0v) is 15.0. The predicted octanol–water partition coefficient (Wildman–Crippen LogP) is 2.06. The van der Waals surface area contributed by atoms with Crippen LogP contribution in [0.25, 0.3) is 10.9 Å². The Balaban J connectivity index is 1.91. The number of fused-ring (bicyclic) bond motifs is 1. The van der Waals surface area contributed by atoms with E-state index < -0.39 is 12.0 Å². The number of amides is 1. The summed E-state index contributed by atoms with van der Waals surface area (Å²) in [6.45, 7) is 3.52. The third-order valence-electron chi connectivity index (χ3n) is 4.53. The van der Waals surface area contributed by atoms with E-state index in [0.29, 0.717) is 30.4 Å². The molecule has 1 atom stereocenters. The van der Waals surface area contributed by atoms with Crippen LogP contribution >= 0.6 is 11.6 Å². The van der Waals surface area contributed by atoms with Crippen molar-refractivity contribution in [1.82, 2.24) is 15.2 Å². The summed E-state index contributed by atoms with van der Waals surface area (Å²) in [5.41, 5.74) is 2.54. The first-order valence-electron chi connectivity index (χ1n) is 8.13. The molecule has 0 saturated carbocycles. The lowest BCUT2D eigenvalue weighted by Crippen LogP contribution is -2.55. The fraction of sp³-hybridized carbons (Fsp3) is 0.389. The average Bonchev–Trinajstić information content (AvgIpc) is 2.62. The van der Waals surface area contributed by atoms with Gasteiger partial charge in [0, 0.05) is 25.0 Å². The van der Waals surface area contributed by atoms with Crippen LogP contribution < -0.4 is 5.32 Å². The Kier molecular flexibility index (Phi) is 5.20. The zero-order valence-electron chi connectivity index (χ0n) is 14.2. The molecule has 0 bridgehead atoms. The molecule has 1 unspecified atom stereocenters. The number of piperazine rings is 1. The third kappa shape index (κ3) is 3.60. The van der Waals surface area contributed by atoms with Gasteiger partial charge in [-0.1, -0.05) is 29.8 Å². The summed E-state index contributed by atoms with van der Waals surface area (Å²) < 4.78 is 4.71. The van der Waals surface area contributed by atoms with E-state index in [1.54, 1.807) is 0 Å².